The Morgan fingerprint density at radius 2 is 2.08 bits per heavy atom. The van der Waals surface area contributed by atoms with Gasteiger partial charge in [-0.25, -0.2) is 0 Å². The fraction of sp³-hybridized carbons (Fsp3) is 0.875. The Morgan fingerprint density at radius 1 is 1.33 bits per heavy atom. The lowest BCUT2D eigenvalue weighted by atomic mass is 10.5. The molecule has 12 heavy (non-hydrogen) atoms. The van der Waals surface area contributed by atoms with E-state index >= 15 is 0 Å². The second-order valence-electron chi connectivity index (χ2n) is 2.28. The molecule has 0 spiro atoms. The zero-order valence-electron chi connectivity index (χ0n) is 7.67. The van der Waals surface area contributed by atoms with Gasteiger partial charge in [0.15, 0.2) is 0 Å². The highest BCUT2D eigenvalue weighted by Crippen LogP contribution is 2.04. The number of ether oxygens (including phenoxy) is 2. The Kier molecular flexibility index (Phi) is 8.71. The summed E-state index contributed by atoms with van der Waals surface area (Å²) in [6.45, 7) is 0.797. The second-order valence-corrected chi connectivity index (χ2v) is 3.51. The summed E-state index contributed by atoms with van der Waals surface area (Å²) in [6, 6.07) is 0. The lowest BCUT2D eigenvalue weighted by molar-refractivity contribution is -0.140. The second kappa shape index (κ2) is 8.87. The van der Waals surface area contributed by atoms with Crippen LogP contribution in [0.3, 0.4) is 0 Å². The maximum atomic E-state index is 10.6. The molecule has 0 amide bonds. The van der Waals surface area contributed by atoms with Gasteiger partial charge in [-0.3, -0.25) is 4.79 Å². The van der Waals surface area contributed by atoms with Crippen LogP contribution >= 0.6 is 11.8 Å². The minimum atomic E-state index is -0.130. The van der Waals surface area contributed by atoms with Crippen molar-refractivity contribution in [3.63, 3.8) is 0 Å². The summed E-state index contributed by atoms with van der Waals surface area (Å²) in [7, 11) is 3.11. The molecule has 0 aromatic rings. The molecule has 0 bridgehead atoms. The Balaban J connectivity index is 2.95. The molecular weight excluding hydrogens is 176 g/mol. The van der Waals surface area contributed by atoms with Gasteiger partial charge in [-0.1, -0.05) is 0 Å². The van der Waals surface area contributed by atoms with Gasteiger partial charge in [0.05, 0.1) is 13.5 Å². The highest BCUT2D eigenvalue weighted by atomic mass is 32.2. The highest BCUT2D eigenvalue weighted by Gasteiger charge is 1.98. The standard InChI is InChI=1S/C8H16O3S/c1-10-5-3-6-12-7-4-8(9)11-2/h3-7H2,1-2H3. The molecule has 0 aliphatic carbocycles. The third-order valence-corrected chi connectivity index (χ3v) is 2.39. The van der Waals surface area contributed by atoms with E-state index in [-0.39, 0.29) is 5.97 Å². The molecule has 0 rings (SSSR count). The zero-order valence-corrected chi connectivity index (χ0v) is 8.49. The van der Waals surface area contributed by atoms with Crippen molar-refractivity contribution in [1.82, 2.24) is 0 Å². The van der Waals surface area contributed by atoms with Crippen LogP contribution in [0, 0.1) is 0 Å². The van der Waals surface area contributed by atoms with Crippen molar-refractivity contribution in [2.24, 2.45) is 0 Å². The van der Waals surface area contributed by atoms with E-state index < -0.39 is 0 Å². The lowest BCUT2D eigenvalue weighted by Crippen LogP contribution is -2.01. The maximum Gasteiger partial charge on any atom is 0.306 e. The number of hydrogen-bond donors (Lipinski definition) is 0. The van der Waals surface area contributed by atoms with E-state index in [1.165, 1.54) is 7.11 Å². The average Bonchev–Trinajstić information content (AvgIpc) is 2.10. The summed E-state index contributed by atoms with van der Waals surface area (Å²) in [5.74, 6) is 1.76. The largest absolute Gasteiger partial charge is 0.469 e. The van der Waals surface area contributed by atoms with Gasteiger partial charge in [0, 0.05) is 19.5 Å². The van der Waals surface area contributed by atoms with Gasteiger partial charge in [0.2, 0.25) is 0 Å². The quantitative estimate of drug-likeness (QED) is 0.450. The Labute approximate surface area is 77.8 Å². The van der Waals surface area contributed by atoms with Crippen molar-refractivity contribution < 1.29 is 14.3 Å². The molecular formula is C8H16O3S. The first-order valence-electron chi connectivity index (χ1n) is 3.94. The summed E-state index contributed by atoms with van der Waals surface area (Å²) in [6.07, 6.45) is 1.55. The van der Waals surface area contributed by atoms with Crippen LogP contribution in [0.1, 0.15) is 12.8 Å². The van der Waals surface area contributed by atoms with Crippen molar-refractivity contribution in [2.45, 2.75) is 12.8 Å². The van der Waals surface area contributed by atoms with E-state index in [2.05, 4.69) is 4.74 Å². The molecule has 0 aromatic carbocycles. The summed E-state index contributed by atoms with van der Waals surface area (Å²) in [5.41, 5.74) is 0. The Morgan fingerprint density at radius 3 is 2.67 bits per heavy atom. The van der Waals surface area contributed by atoms with Crippen LogP contribution in [-0.2, 0) is 14.3 Å². The molecule has 0 N–H and O–H groups in total. The first-order valence-corrected chi connectivity index (χ1v) is 5.10. The molecule has 0 saturated carbocycles. The van der Waals surface area contributed by atoms with Crippen LogP contribution in [0.15, 0.2) is 0 Å². The Bertz CT molecular complexity index is 117. The molecule has 0 radical (unpaired) electrons. The van der Waals surface area contributed by atoms with Crippen LogP contribution < -0.4 is 0 Å². The van der Waals surface area contributed by atoms with Crippen LogP contribution in [-0.4, -0.2) is 38.3 Å². The zero-order chi connectivity index (χ0) is 9.23. The molecule has 72 valence electrons. The molecule has 0 saturated heterocycles. The number of methoxy groups -OCH3 is 2. The molecule has 0 aromatic heterocycles. The van der Waals surface area contributed by atoms with Crippen LogP contribution in [0.5, 0.6) is 0 Å². The maximum absolute atomic E-state index is 10.6. The van der Waals surface area contributed by atoms with Crippen LogP contribution in [0.25, 0.3) is 0 Å². The minimum absolute atomic E-state index is 0.130. The van der Waals surface area contributed by atoms with Crippen molar-refractivity contribution in [3.05, 3.63) is 0 Å². The number of carbonyl (C=O) groups excluding carboxylic acids is 1. The van der Waals surface area contributed by atoms with E-state index in [0.29, 0.717) is 6.42 Å². The van der Waals surface area contributed by atoms with Crippen LogP contribution in [0.4, 0.5) is 0 Å². The fourth-order valence-corrected chi connectivity index (χ4v) is 1.50. The average molecular weight is 192 g/mol. The number of esters is 1. The number of thioether (sulfide) groups is 1. The summed E-state index contributed by atoms with van der Waals surface area (Å²) < 4.78 is 9.39. The number of hydrogen-bond acceptors (Lipinski definition) is 4. The summed E-state index contributed by atoms with van der Waals surface area (Å²) in [4.78, 5) is 10.6. The first-order chi connectivity index (χ1) is 5.81. The first kappa shape index (κ1) is 11.8. The van der Waals surface area contributed by atoms with E-state index in [4.69, 9.17) is 4.74 Å². The number of rotatable bonds is 7. The third-order valence-electron chi connectivity index (χ3n) is 1.32. The van der Waals surface area contributed by atoms with Crippen molar-refractivity contribution >= 4 is 17.7 Å². The lowest BCUT2D eigenvalue weighted by Gasteiger charge is -1.99. The van der Waals surface area contributed by atoms with Gasteiger partial charge in [0.1, 0.15) is 0 Å². The predicted molar refractivity (Wildman–Crippen MR) is 50.5 cm³/mol. The molecule has 0 unspecified atom stereocenters. The van der Waals surface area contributed by atoms with Gasteiger partial charge in [0.25, 0.3) is 0 Å². The van der Waals surface area contributed by atoms with Crippen molar-refractivity contribution in [2.75, 3.05) is 32.3 Å². The van der Waals surface area contributed by atoms with E-state index in [1.807, 2.05) is 0 Å². The predicted octanol–water partition coefficient (Wildman–Crippen LogP) is 1.32. The molecule has 0 fully saturated rings. The SMILES string of the molecule is COCCCSCCC(=O)OC. The molecule has 4 heteroatoms. The van der Waals surface area contributed by atoms with Gasteiger partial charge in [-0.15, -0.1) is 0 Å². The Hall–Kier alpha value is -0.220. The smallest absolute Gasteiger partial charge is 0.306 e. The van der Waals surface area contributed by atoms with E-state index in [0.717, 1.165) is 24.5 Å². The van der Waals surface area contributed by atoms with Crippen LogP contribution in [0.2, 0.25) is 0 Å². The summed E-state index contributed by atoms with van der Waals surface area (Å²) >= 11 is 1.76. The van der Waals surface area contributed by atoms with Gasteiger partial charge >= 0.3 is 5.97 Å². The molecule has 3 nitrogen and oxygen atoms in total. The van der Waals surface area contributed by atoms with Crippen molar-refractivity contribution in [3.8, 4) is 0 Å². The monoisotopic (exact) mass is 192 g/mol. The topological polar surface area (TPSA) is 35.5 Å². The van der Waals surface area contributed by atoms with Gasteiger partial charge in [-0.2, -0.15) is 11.8 Å². The van der Waals surface area contributed by atoms with Crippen molar-refractivity contribution in [1.29, 1.82) is 0 Å². The van der Waals surface area contributed by atoms with Gasteiger partial charge < -0.3 is 9.47 Å². The van der Waals surface area contributed by atoms with E-state index in [1.54, 1.807) is 18.9 Å². The molecule has 0 aliphatic heterocycles. The molecule has 0 atom stereocenters. The molecule has 0 aliphatic rings. The fourth-order valence-electron chi connectivity index (χ4n) is 0.665. The normalized spacial score (nSPS) is 9.83. The third kappa shape index (κ3) is 7.88. The van der Waals surface area contributed by atoms with Gasteiger partial charge in [-0.05, 0) is 12.2 Å². The minimum Gasteiger partial charge on any atom is -0.469 e. The number of carbonyl (C=O) groups is 1. The molecule has 0 heterocycles. The summed E-state index contributed by atoms with van der Waals surface area (Å²) in [5, 5.41) is 0. The van der Waals surface area contributed by atoms with E-state index in [9.17, 15) is 4.79 Å². The highest BCUT2D eigenvalue weighted by molar-refractivity contribution is 7.99.